The van der Waals surface area contributed by atoms with Crippen molar-refractivity contribution < 1.29 is 19.1 Å². The average Bonchev–Trinajstić information content (AvgIpc) is 3.17. The molecule has 8 nitrogen and oxygen atoms in total. The number of cyclic esters (lactones) is 1. The van der Waals surface area contributed by atoms with Crippen LogP contribution in [0, 0.1) is 0 Å². The van der Waals surface area contributed by atoms with Crippen LogP contribution in [0.1, 0.15) is 37.7 Å². The third kappa shape index (κ3) is 4.70. The van der Waals surface area contributed by atoms with Gasteiger partial charge < -0.3 is 24.6 Å². The van der Waals surface area contributed by atoms with Crippen LogP contribution in [0.3, 0.4) is 0 Å². The molecule has 1 N–H and O–H groups in total. The molecule has 1 aromatic rings. The quantitative estimate of drug-likeness (QED) is 0.777. The van der Waals surface area contributed by atoms with Crippen LogP contribution in [0.25, 0.3) is 0 Å². The Morgan fingerprint density at radius 2 is 2.24 bits per heavy atom. The van der Waals surface area contributed by atoms with Gasteiger partial charge in [0, 0.05) is 44.5 Å². The molecule has 1 aromatic heterocycles. The number of nitrogens with one attached hydrogen (secondary N) is 1. The maximum absolute atomic E-state index is 12.8. The number of ether oxygens (including phenoxy) is 2. The van der Waals surface area contributed by atoms with Crippen LogP contribution in [0.15, 0.2) is 24.5 Å². The maximum Gasteiger partial charge on any atom is 0.409 e. The molecule has 0 bridgehead atoms. The SMILES string of the molecule is O=C(CCN1CCOC1=O)N1CCOC2(CCCCC2NCc2cccnc2)C1. The van der Waals surface area contributed by atoms with Crippen molar-refractivity contribution in [2.24, 2.45) is 0 Å². The van der Waals surface area contributed by atoms with Gasteiger partial charge in [-0.25, -0.2) is 4.79 Å². The zero-order chi connectivity index (χ0) is 20.1. The highest BCUT2D eigenvalue weighted by Crippen LogP contribution is 2.35. The summed E-state index contributed by atoms with van der Waals surface area (Å²) in [6.07, 6.45) is 7.96. The number of carbonyl (C=O) groups excluding carboxylic acids is 2. The average molecular weight is 402 g/mol. The number of hydrogen-bond donors (Lipinski definition) is 1. The van der Waals surface area contributed by atoms with E-state index in [4.69, 9.17) is 9.47 Å². The summed E-state index contributed by atoms with van der Waals surface area (Å²) in [7, 11) is 0. The molecule has 2 atom stereocenters. The second-order valence-electron chi connectivity index (χ2n) is 8.12. The molecule has 2 saturated heterocycles. The fourth-order valence-corrected chi connectivity index (χ4v) is 4.64. The van der Waals surface area contributed by atoms with Gasteiger partial charge in [0.25, 0.3) is 0 Å². The van der Waals surface area contributed by atoms with Crippen molar-refractivity contribution in [3.8, 4) is 0 Å². The van der Waals surface area contributed by atoms with E-state index < -0.39 is 0 Å². The minimum Gasteiger partial charge on any atom is -0.448 e. The summed E-state index contributed by atoms with van der Waals surface area (Å²) in [5.74, 6) is 0.0870. The minimum absolute atomic E-state index is 0.0870. The summed E-state index contributed by atoms with van der Waals surface area (Å²) in [5, 5.41) is 3.67. The Bertz CT molecular complexity index is 712. The summed E-state index contributed by atoms with van der Waals surface area (Å²) in [6, 6.07) is 4.22. The molecule has 4 rings (SSSR count). The highest BCUT2D eigenvalue weighted by atomic mass is 16.6. The van der Waals surface area contributed by atoms with Crippen molar-refractivity contribution in [2.75, 3.05) is 39.4 Å². The zero-order valence-corrected chi connectivity index (χ0v) is 16.8. The number of morpholine rings is 1. The van der Waals surface area contributed by atoms with Crippen molar-refractivity contribution in [1.82, 2.24) is 20.1 Å². The van der Waals surface area contributed by atoms with Gasteiger partial charge in [0.15, 0.2) is 0 Å². The van der Waals surface area contributed by atoms with Crippen molar-refractivity contribution >= 4 is 12.0 Å². The van der Waals surface area contributed by atoms with Crippen molar-refractivity contribution in [2.45, 2.75) is 50.3 Å². The molecule has 1 saturated carbocycles. The summed E-state index contributed by atoms with van der Waals surface area (Å²) in [4.78, 5) is 32.1. The Kier molecular flexibility index (Phi) is 6.30. The Morgan fingerprint density at radius 1 is 1.31 bits per heavy atom. The summed E-state index contributed by atoms with van der Waals surface area (Å²) in [6.45, 7) is 3.93. The molecule has 0 aromatic carbocycles. The third-order valence-electron chi connectivity index (χ3n) is 6.26. The Balaban J connectivity index is 1.36. The van der Waals surface area contributed by atoms with E-state index in [0.717, 1.165) is 31.4 Å². The predicted molar refractivity (Wildman–Crippen MR) is 106 cm³/mol. The predicted octanol–water partition coefficient (Wildman–Crippen LogP) is 1.55. The van der Waals surface area contributed by atoms with Gasteiger partial charge in [-0.15, -0.1) is 0 Å². The fourth-order valence-electron chi connectivity index (χ4n) is 4.64. The van der Waals surface area contributed by atoms with Crippen LogP contribution < -0.4 is 5.32 Å². The van der Waals surface area contributed by atoms with Crippen LogP contribution in [-0.4, -0.2) is 77.8 Å². The van der Waals surface area contributed by atoms with E-state index in [0.29, 0.717) is 45.8 Å². The lowest BCUT2D eigenvalue weighted by molar-refractivity contribution is -0.163. The van der Waals surface area contributed by atoms with Crippen molar-refractivity contribution in [1.29, 1.82) is 0 Å². The van der Waals surface area contributed by atoms with Gasteiger partial charge in [-0.1, -0.05) is 18.9 Å². The Morgan fingerprint density at radius 3 is 3.03 bits per heavy atom. The molecule has 3 heterocycles. The van der Waals surface area contributed by atoms with Gasteiger partial charge in [0.1, 0.15) is 12.2 Å². The van der Waals surface area contributed by atoms with Crippen LogP contribution in [0.4, 0.5) is 4.79 Å². The highest BCUT2D eigenvalue weighted by Gasteiger charge is 2.45. The van der Waals surface area contributed by atoms with E-state index in [2.05, 4.69) is 16.4 Å². The topological polar surface area (TPSA) is 84.0 Å². The molecule has 3 aliphatic rings. The van der Waals surface area contributed by atoms with Crippen LogP contribution in [0.5, 0.6) is 0 Å². The molecule has 0 radical (unpaired) electrons. The molecule has 158 valence electrons. The van der Waals surface area contributed by atoms with E-state index in [1.807, 2.05) is 17.2 Å². The summed E-state index contributed by atoms with van der Waals surface area (Å²) in [5.41, 5.74) is 0.815. The monoisotopic (exact) mass is 402 g/mol. The van der Waals surface area contributed by atoms with Crippen LogP contribution in [0.2, 0.25) is 0 Å². The van der Waals surface area contributed by atoms with Gasteiger partial charge in [-0.05, 0) is 24.5 Å². The van der Waals surface area contributed by atoms with Crippen molar-refractivity contribution in [3.05, 3.63) is 30.1 Å². The van der Waals surface area contributed by atoms with Crippen LogP contribution >= 0.6 is 0 Å². The molecular weight excluding hydrogens is 372 g/mol. The lowest BCUT2D eigenvalue weighted by Gasteiger charge is -2.50. The van der Waals surface area contributed by atoms with Gasteiger partial charge in [0.2, 0.25) is 5.91 Å². The first kappa shape index (κ1) is 20.1. The number of nitrogens with zero attached hydrogens (tertiary/aromatic N) is 3. The second kappa shape index (κ2) is 9.09. The van der Waals surface area contributed by atoms with Crippen molar-refractivity contribution in [3.63, 3.8) is 0 Å². The van der Waals surface area contributed by atoms with Gasteiger partial charge in [-0.2, -0.15) is 0 Å². The molecule has 2 aliphatic heterocycles. The summed E-state index contributed by atoms with van der Waals surface area (Å²) >= 11 is 0. The Hall–Kier alpha value is -2.19. The third-order valence-corrected chi connectivity index (χ3v) is 6.26. The lowest BCUT2D eigenvalue weighted by atomic mass is 9.78. The van der Waals surface area contributed by atoms with E-state index in [1.165, 1.54) is 6.42 Å². The van der Waals surface area contributed by atoms with E-state index in [9.17, 15) is 9.59 Å². The second-order valence-corrected chi connectivity index (χ2v) is 8.12. The van der Waals surface area contributed by atoms with E-state index in [-0.39, 0.29) is 23.6 Å². The molecule has 2 unspecified atom stereocenters. The maximum atomic E-state index is 12.8. The smallest absolute Gasteiger partial charge is 0.409 e. The van der Waals surface area contributed by atoms with Gasteiger partial charge in [0.05, 0.1) is 19.7 Å². The molecule has 2 amide bonds. The zero-order valence-electron chi connectivity index (χ0n) is 16.8. The normalized spacial score (nSPS) is 27.3. The molecule has 29 heavy (non-hydrogen) atoms. The van der Waals surface area contributed by atoms with Gasteiger partial charge in [-0.3, -0.25) is 9.78 Å². The molecule has 1 spiro atoms. The first-order chi connectivity index (χ1) is 14.2. The lowest BCUT2D eigenvalue weighted by Crippen LogP contribution is -2.64. The molecule has 3 fully saturated rings. The number of carbonyl (C=O) groups is 2. The van der Waals surface area contributed by atoms with Crippen LogP contribution in [-0.2, 0) is 20.8 Å². The standard InChI is InChI=1S/C21H30N4O4/c26-19(6-9-24-10-12-28-20(24)27)25-11-13-29-21(16-25)7-2-1-5-18(21)23-15-17-4-3-8-22-14-17/h3-4,8,14,18,23H,1-2,5-7,9-13,15-16H2. The highest BCUT2D eigenvalue weighted by molar-refractivity contribution is 5.77. The number of pyridine rings is 1. The molecular formula is C21H30N4O4. The number of hydrogen-bond acceptors (Lipinski definition) is 6. The largest absolute Gasteiger partial charge is 0.448 e. The van der Waals surface area contributed by atoms with E-state index in [1.54, 1.807) is 11.1 Å². The first-order valence-corrected chi connectivity index (χ1v) is 10.6. The summed E-state index contributed by atoms with van der Waals surface area (Å²) < 4.78 is 11.3. The number of amides is 2. The van der Waals surface area contributed by atoms with Gasteiger partial charge >= 0.3 is 6.09 Å². The fraction of sp³-hybridized carbons (Fsp3) is 0.667. The minimum atomic E-state index is -0.332. The first-order valence-electron chi connectivity index (χ1n) is 10.6. The van der Waals surface area contributed by atoms with E-state index >= 15 is 0 Å². The molecule has 1 aliphatic carbocycles. The Labute approximate surface area is 171 Å². The number of rotatable bonds is 6. The number of aromatic nitrogens is 1. The molecule has 8 heteroatoms.